The molecule has 1 aliphatic rings. The Balaban J connectivity index is 1.60. The first-order valence-corrected chi connectivity index (χ1v) is 12.5. The van der Waals surface area contributed by atoms with E-state index in [-0.39, 0.29) is 20.4 Å². The molecule has 3 aromatic carbocycles. The van der Waals surface area contributed by atoms with Crippen molar-refractivity contribution in [3.63, 3.8) is 0 Å². The molecule has 0 saturated heterocycles. The van der Waals surface area contributed by atoms with E-state index in [2.05, 4.69) is 61.0 Å². The number of aromatic carboxylic acids is 1. The summed E-state index contributed by atoms with van der Waals surface area (Å²) < 4.78 is 6.56. The molecule has 0 spiro atoms. The van der Waals surface area contributed by atoms with Gasteiger partial charge >= 0.3 is 202 Å². The number of carboxylic acids is 1. The minimum atomic E-state index is -0.907. The molecule has 1 aliphatic carbocycles. The zero-order valence-corrected chi connectivity index (χ0v) is 20.9. The maximum atomic E-state index is 11.2. The van der Waals surface area contributed by atoms with Crippen LogP contribution in [-0.4, -0.2) is 33.1 Å². The van der Waals surface area contributed by atoms with Gasteiger partial charge in [-0.05, 0) is 0 Å². The number of benzene rings is 3. The first kappa shape index (κ1) is 22.9. The summed E-state index contributed by atoms with van der Waals surface area (Å²) in [5.41, 5.74) is 7.08. The number of rotatable bonds is 4. The first-order valence-electron chi connectivity index (χ1n) is 10.8. The van der Waals surface area contributed by atoms with Crippen molar-refractivity contribution in [1.82, 2.24) is 0 Å². The fraction of sp³-hybridized carbons (Fsp3) is 0.207. The minimum absolute atomic E-state index is 0.00588. The van der Waals surface area contributed by atoms with Crippen LogP contribution in [0.2, 0.25) is 0 Å². The van der Waals surface area contributed by atoms with Crippen LogP contribution in [0.4, 0.5) is 0 Å². The van der Waals surface area contributed by atoms with E-state index in [0.717, 1.165) is 23.3 Å². The third kappa shape index (κ3) is 4.91. The Kier molecular flexibility index (Phi) is 6.47. The first-order chi connectivity index (χ1) is 15.8. The van der Waals surface area contributed by atoms with Gasteiger partial charge < -0.3 is 0 Å². The molecule has 3 nitrogen and oxygen atoms in total. The van der Waals surface area contributed by atoms with Crippen LogP contribution in [-0.2, 0) is 5.41 Å². The van der Waals surface area contributed by atoms with Gasteiger partial charge in [-0.1, -0.05) is 0 Å². The molecule has 0 radical (unpaired) electrons. The Labute approximate surface area is 201 Å². The second-order valence-corrected chi connectivity index (χ2v) is 10.7. The summed E-state index contributed by atoms with van der Waals surface area (Å²) in [6.07, 6.45) is 3.33. The van der Waals surface area contributed by atoms with Gasteiger partial charge in [-0.3, -0.25) is 0 Å². The van der Waals surface area contributed by atoms with Crippen molar-refractivity contribution in [2.75, 3.05) is 7.11 Å². The molecule has 0 aliphatic heterocycles. The summed E-state index contributed by atoms with van der Waals surface area (Å²) in [4.78, 5) is 14.5. The summed E-state index contributed by atoms with van der Waals surface area (Å²) in [7, 11) is 1.69. The Morgan fingerprint density at radius 2 is 1.82 bits per heavy atom. The third-order valence-electron chi connectivity index (χ3n) is 6.05. The van der Waals surface area contributed by atoms with Crippen molar-refractivity contribution < 1.29 is 14.6 Å². The molecule has 33 heavy (non-hydrogen) atoms. The van der Waals surface area contributed by atoms with Crippen molar-refractivity contribution >= 4 is 31.0 Å². The molecular weight excluding hydrogens is 475 g/mol. The average molecular weight is 501 g/mol. The van der Waals surface area contributed by atoms with Crippen molar-refractivity contribution in [3.05, 3.63) is 100 Å². The van der Waals surface area contributed by atoms with Gasteiger partial charge in [0.2, 0.25) is 0 Å². The van der Waals surface area contributed by atoms with Crippen molar-refractivity contribution in [3.8, 4) is 16.5 Å². The summed E-state index contributed by atoms with van der Waals surface area (Å²) in [6.45, 7) is 6.39. The molecule has 0 fully saturated rings. The summed E-state index contributed by atoms with van der Waals surface area (Å²) in [6, 6.07) is 20.2. The van der Waals surface area contributed by atoms with Gasteiger partial charge in [0.1, 0.15) is 0 Å². The fourth-order valence-electron chi connectivity index (χ4n) is 4.13. The predicted molar refractivity (Wildman–Crippen MR) is 135 cm³/mol. The number of hydrogen-bond donors (Lipinski definition) is 1. The van der Waals surface area contributed by atoms with Gasteiger partial charge in [0.25, 0.3) is 0 Å². The number of fused-ring (bicyclic) bond motifs is 1. The topological polar surface area (TPSA) is 46.5 Å². The summed E-state index contributed by atoms with van der Waals surface area (Å²) in [5, 5.41) is 9.19. The predicted octanol–water partition coefficient (Wildman–Crippen LogP) is 5.15. The Hall–Kier alpha value is -3.25. The quantitative estimate of drug-likeness (QED) is 0.397. The molecule has 0 saturated carbocycles. The van der Waals surface area contributed by atoms with Crippen LogP contribution in [0, 0.1) is 17.7 Å². The van der Waals surface area contributed by atoms with E-state index < -0.39 is 5.97 Å². The van der Waals surface area contributed by atoms with E-state index in [9.17, 15) is 9.90 Å². The van der Waals surface area contributed by atoms with Gasteiger partial charge in [0.15, 0.2) is 0 Å². The molecule has 1 N–H and O–H groups in total. The van der Waals surface area contributed by atoms with Gasteiger partial charge in [-0.15, -0.1) is 0 Å². The SMILES string of the molecule is COc1ccc(C2=CCC(C)(C)c3cc([Se]C#Cc4ccc(C(=O)O)c(C)c4)ccc32)cc1. The maximum absolute atomic E-state index is 11.2. The normalized spacial score (nSPS) is 13.9. The van der Waals surface area contributed by atoms with E-state index in [1.165, 1.54) is 26.7 Å². The van der Waals surface area contributed by atoms with Crippen LogP contribution in [0.3, 0.4) is 0 Å². The van der Waals surface area contributed by atoms with E-state index in [4.69, 9.17) is 4.74 Å². The Morgan fingerprint density at radius 1 is 1.06 bits per heavy atom. The van der Waals surface area contributed by atoms with Gasteiger partial charge in [0.05, 0.1) is 0 Å². The Bertz CT molecular complexity index is 1300. The molecule has 3 aromatic rings. The molecule has 0 amide bonds. The monoisotopic (exact) mass is 502 g/mol. The molecule has 4 heteroatoms. The molecule has 0 bridgehead atoms. The molecule has 0 atom stereocenters. The van der Waals surface area contributed by atoms with Crippen LogP contribution >= 0.6 is 0 Å². The number of allylic oxidation sites excluding steroid dienone is 1. The van der Waals surface area contributed by atoms with E-state index in [1.54, 1.807) is 26.2 Å². The zero-order valence-electron chi connectivity index (χ0n) is 19.2. The number of hydrogen-bond acceptors (Lipinski definition) is 2. The molecule has 0 unspecified atom stereocenters. The van der Waals surface area contributed by atoms with Crippen LogP contribution in [0.5, 0.6) is 5.75 Å². The second-order valence-electron chi connectivity index (χ2n) is 8.81. The summed E-state index contributed by atoms with van der Waals surface area (Å²) in [5.74, 6) is 3.16. The van der Waals surface area contributed by atoms with Gasteiger partial charge in [-0.2, -0.15) is 0 Å². The number of carbonyl (C=O) groups is 1. The van der Waals surface area contributed by atoms with Crippen LogP contribution in [0.15, 0.2) is 66.7 Å². The van der Waals surface area contributed by atoms with Crippen molar-refractivity contribution in [2.24, 2.45) is 0 Å². The van der Waals surface area contributed by atoms with Gasteiger partial charge in [0, 0.05) is 0 Å². The fourth-order valence-corrected chi connectivity index (χ4v) is 5.39. The van der Waals surface area contributed by atoms with E-state index >= 15 is 0 Å². The van der Waals surface area contributed by atoms with Crippen LogP contribution in [0.25, 0.3) is 5.57 Å². The third-order valence-corrected chi connectivity index (χ3v) is 7.50. The summed E-state index contributed by atoms with van der Waals surface area (Å²) >= 11 is 0.00588. The van der Waals surface area contributed by atoms with E-state index in [0.29, 0.717) is 5.56 Å². The van der Waals surface area contributed by atoms with Crippen LogP contribution < -0.4 is 9.20 Å². The number of aryl methyl sites for hydroxylation is 1. The van der Waals surface area contributed by atoms with Crippen molar-refractivity contribution in [2.45, 2.75) is 32.6 Å². The second kappa shape index (κ2) is 9.32. The number of ether oxygens (including phenoxy) is 1. The van der Waals surface area contributed by atoms with Gasteiger partial charge in [-0.25, -0.2) is 0 Å². The van der Waals surface area contributed by atoms with Crippen molar-refractivity contribution in [1.29, 1.82) is 0 Å². The zero-order chi connectivity index (χ0) is 23.6. The Morgan fingerprint density at radius 3 is 2.48 bits per heavy atom. The average Bonchev–Trinajstić information content (AvgIpc) is 2.79. The molecule has 0 heterocycles. The number of methoxy groups -OCH3 is 1. The standard InChI is InChI=1S/C29H26O3Se/c1-19-17-20(5-11-24(19)28(30)31)14-16-33-23-10-12-26-25(13-15-29(2,3)27(26)18-23)21-6-8-22(32-4)9-7-21/h5-13,17-18H,15H2,1-4H3,(H,30,31). The molecular formula is C29H26O3Se. The van der Waals surface area contributed by atoms with E-state index in [1.807, 2.05) is 18.2 Å². The van der Waals surface area contributed by atoms with Crippen LogP contribution in [0.1, 0.15) is 58.4 Å². The molecule has 0 aromatic heterocycles. The molecule has 4 rings (SSSR count). The number of carboxylic acid groups (broad SMARTS) is 1. The molecule has 166 valence electrons.